The summed E-state index contributed by atoms with van der Waals surface area (Å²) in [5, 5.41) is 3.16. The van der Waals surface area contributed by atoms with Crippen LogP contribution in [0.5, 0.6) is 11.5 Å². The van der Waals surface area contributed by atoms with Crippen molar-refractivity contribution in [1.82, 2.24) is 0 Å². The highest BCUT2D eigenvalue weighted by Gasteiger charge is 2.40. The summed E-state index contributed by atoms with van der Waals surface area (Å²) in [6, 6.07) is 21.8. The highest BCUT2D eigenvalue weighted by Crippen LogP contribution is 2.36. The lowest BCUT2D eigenvalue weighted by Gasteiger charge is -2.16. The number of nitrogens with one attached hydrogen (secondary N) is 1. The molecule has 0 unspecified atom stereocenters. The van der Waals surface area contributed by atoms with E-state index in [9.17, 15) is 9.59 Å². The predicted octanol–water partition coefficient (Wildman–Crippen LogP) is 5.19. The molecule has 0 saturated heterocycles. The Bertz CT molecular complexity index is 1200. The van der Waals surface area contributed by atoms with Gasteiger partial charge in [-0.2, -0.15) is 0 Å². The van der Waals surface area contributed by atoms with Crippen LogP contribution < -0.4 is 19.7 Å². The Hall–Kier alpha value is -4.06. The molecular weight excluding hydrogens is 416 g/mol. The summed E-state index contributed by atoms with van der Waals surface area (Å²) in [6.45, 7) is 4.61. The number of hydrogen-bond donors (Lipinski definition) is 1. The lowest BCUT2D eigenvalue weighted by Crippen LogP contribution is -2.32. The van der Waals surface area contributed by atoms with E-state index < -0.39 is 5.91 Å². The number of amides is 2. The standard InChI is InChI=1S/C27H26N2O4/c1-4-17-33-21-15-11-19(12-16-21)24-25(28-22-7-5-6-8-23(22)32-3)27(31)29(26(24)30)20-13-9-18(2)10-14-20/h5-16,28H,4,17H2,1-3H3. The molecule has 1 heterocycles. The van der Waals surface area contributed by atoms with E-state index >= 15 is 0 Å². The monoisotopic (exact) mass is 442 g/mol. The van der Waals surface area contributed by atoms with Crippen LogP contribution in [0.25, 0.3) is 5.57 Å². The molecule has 6 nitrogen and oxygen atoms in total. The highest BCUT2D eigenvalue weighted by atomic mass is 16.5. The number of carbonyl (C=O) groups excluding carboxylic acids is 2. The van der Waals surface area contributed by atoms with Crippen LogP contribution in [0.2, 0.25) is 0 Å². The molecule has 1 N–H and O–H groups in total. The Balaban J connectivity index is 1.78. The van der Waals surface area contributed by atoms with Crippen molar-refractivity contribution < 1.29 is 19.1 Å². The molecule has 168 valence electrons. The maximum absolute atomic E-state index is 13.6. The lowest BCUT2D eigenvalue weighted by atomic mass is 10.0. The topological polar surface area (TPSA) is 67.9 Å². The summed E-state index contributed by atoms with van der Waals surface area (Å²) in [4.78, 5) is 28.3. The first kappa shape index (κ1) is 22.1. The van der Waals surface area contributed by atoms with Gasteiger partial charge in [0.15, 0.2) is 0 Å². The molecule has 0 atom stereocenters. The fourth-order valence-electron chi connectivity index (χ4n) is 3.66. The molecule has 0 aliphatic carbocycles. The van der Waals surface area contributed by atoms with Crippen molar-refractivity contribution in [2.45, 2.75) is 20.3 Å². The minimum absolute atomic E-state index is 0.201. The van der Waals surface area contributed by atoms with Crippen LogP contribution in [-0.4, -0.2) is 25.5 Å². The number of carbonyl (C=O) groups is 2. The Labute approximate surface area is 193 Å². The second-order valence-electron chi connectivity index (χ2n) is 7.73. The van der Waals surface area contributed by atoms with Crippen molar-refractivity contribution in [2.24, 2.45) is 0 Å². The summed E-state index contributed by atoms with van der Waals surface area (Å²) < 4.78 is 11.1. The average Bonchev–Trinajstić information content (AvgIpc) is 3.08. The molecule has 0 aromatic heterocycles. The Morgan fingerprint density at radius 1 is 0.879 bits per heavy atom. The zero-order valence-electron chi connectivity index (χ0n) is 18.9. The number of rotatable bonds is 8. The Morgan fingerprint density at radius 2 is 1.58 bits per heavy atom. The van der Waals surface area contributed by atoms with Crippen molar-refractivity contribution in [2.75, 3.05) is 23.9 Å². The first-order valence-electron chi connectivity index (χ1n) is 10.9. The Morgan fingerprint density at radius 3 is 2.24 bits per heavy atom. The SMILES string of the molecule is CCCOc1ccc(C2=C(Nc3ccccc3OC)C(=O)N(c3ccc(C)cc3)C2=O)cc1. The summed E-state index contributed by atoms with van der Waals surface area (Å²) >= 11 is 0. The zero-order valence-corrected chi connectivity index (χ0v) is 18.9. The van der Waals surface area contributed by atoms with Crippen LogP contribution >= 0.6 is 0 Å². The van der Waals surface area contributed by atoms with Crippen LogP contribution in [-0.2, 0) is 9.59 Å². The number of ether oxygens (including phenoxy) is 2. The third kappa shape index (κ3) is 4.46. The minimum atomic E-state index is -0.420. The third-order valence-corrected chi connectivity index (χ3v) is 5.36. The molecule has 1 aliphatic rings. The number of hydrogen-bond acceptors (Lipinski definition) is 5. The quantitative estimate of drug-likeness (QED) is 0.487. The number of aryl methyl sites for hydroxylation is 1. The van der Waals surface area contributed by atoms with Gasteiger partial charge in [0.1, 0.15) is 17.2 Å². The van der Waals surface area contributed by atoms with E-state index in [1.807, 2.05) is 50.2 Å². The number of nitrogens with zero attached hydrogens (tertiary/aromatic N) is 1. The van der Waals surface area contributed by atoms with E-state index in [0.29, 0.717) is 40.6 Å². The summed E-state index contributed by atoms with van der Waals surface area (Å²) in [5.74, 6) is 0.480. The highest BCUT2D eigenvalue weighted by molar-refractivity contribution is 6.46. The molecule has 0 fully saturated rings. The second-order valence-corrected chi connectivity index (χ2v) is 7.73. The van der Waals surface area contributed by atoms with E-state index in [-0.39, 0.29) is 11.6 Å². The van der Waals surface area contributed by atoms with Gasteiger partial charge in [-0.3, -0.25) is 9.59 Å². The zero-order chi connectivity index (χ0) is 23.4. The second kappa shape index (κ2) is 9.61. The fraction of sp³-hybridized carbons (Fsp3) is 0.185. The van der Waals surface area contributed by atoms with E-state index in [1.165, 1.54) is 4.90 Å². The van der Waals surface area contributed by atoms with E-state index in [0.717, 1.165) is 12.0 Å². The van der Waals surface area contributed by atoms with Gasteiger partial charge in [0.2, 0.25) is 0 Å². The molecule has 1 aliphatic heterocycles. The molecule has 2 amide bonds. The van der Waals surface area contributed by atoms with Crippen molar-refractivity contribution in [3.8, 4) is 11.5 Å². The van der Waals surface area contributed by atoms with Crippen molar-refractivity contribution in [1.29, 1.82) is 0 Å². The number of imide groups is 1. The van der Waals surface area contributed by atoms with Gasteiger partial charge in [-0.1, -0.05) is 48.9 Å². The number of methoxy groups -OCH3 is 1. The molecule has 3 aromatic carbocycles. The number of benzene rings is 3. The summed E-state index contributed by atoms with van der Waals surface area (Å²) in [7, 11) is 1.56. The maximum atomic E-state index is 13.6. The minimum Gasteiger partial charge on any atom is -0.495 e. The predicted molar refractivity (Wildman–Crippen MR) is 129 cm³/mol. The lowest BCUT2D eigenvalue weighted by molar-refractivity contribution is -0.120. The van der Waals surface area contributed by atoms with Gasteiger partial charge in [-0.25, -0.2) is 4.90 Å². The van der Waals surface area contributed by atoms with Crippen LogP contribution in [0, 0.1) is 6.92 Å². The van der Waals surface area contributed by atoms with Crippen LogP contribution in [0.15, 0.2) is 78.5 Å². The first-order chi connectivity index (χ1) is 16.0. The molecule has 4 rings (SSSR count). The summed E-state index contributed by atoms with van der Waals surface area (Å²) in [6.07, 6.45) is 0.901. The number of para-hydroxylation sites is 2. The van der Waals surface area contributed by atoms with Gasteiger partial charge >= 0.3 is 0 Å². The normalized spacial score (nSPS) is 13.5. The summed E-state index contributed by atoms with van der Waals surface area (Å²) in [5.41, 5.74) is 3.29. The molecule has 3 aromatic rings. The molecule has 0 bridgehead atoms. The van der Waals surface area contributed by atoms with Gasteiger partial charge < -0.3 is 14.8 Å². The van der Waals surface area contributed by atoms with Crippen LogP contribution in [0.1, 0.15) is 24.5 Å². The van der Waals surface area contributed by atoms with E-state index in [2.05, 4.69) is 5.32 Å². The molecule has 6 heteroatoms. The third-order valence-electron chi connectivity index (χ3n) is 5.36. The fourth-order valence-corrected chi connectivity index (χ4v) is 3.66. The van der Waals surface area contributed by atoms with Gasteiger partial charge in [0, 0.05) is 0 Å². The van der Waals surface area contributed by atoms with Crippen molar-refractivity contribution in [3.05, 3.63) is 89.6 Å². The molecule has 0 spiro atoms. The van der Waals surface area contributed by atoms with Gasteiger partial charge in [0.25, 0.3) is 11.8 Å². The van der Waals surface area contributed by atoms with Crippen LogP contribution in [0.3, 0.4) is 0 Å². The average molecular weight is 443 g/mol. The molecule has 0 radical (unpaired) electrons. The van der Waals surface area contributed by atoms with Gasteiger partial charge in [-0.05, 0) is 55.3 Å². The van der Waals surface area contributed by atoms with Crippen molar-refractivity contribution in [3.63, 3.8) is 0 Å². The number of anilines is 2. The molecule has 33 heavy (non-hydrogen) atoms. The largest absolute Gasteiger partial charge is 0.495 e. The van der Waals surface area contributed by atoms with Gasteiger partial charge in [-0.15, -0.1) is 0 Å². The van der Waals surface area contributed by atoms with E-state index in [1.54, 1.807) is 43.5 Å². The molecule has 0 saturated carbocycles. The first-order valence-corrected chi connectivity index (χ1v) is 10.9. The van der Waals surface area contributed by atoms with E-state index in [4.69, 9.17) is 9.47 Å². The maximum Gasteiger partial charge on any atom is 0.282 e. The smallest absolute Gasteiger partial charge is 0.282 e. The van der Waals surface area contributed by atoms with Crippen molar-refractivity contribution >= 4 is 28.8 Å². The molecular formula is C27H26N2O4. The van der Waals surface area contributed by atoms with Gasteiger partial charge in [0.05, 0.1) is 30.7 Å². The Kier molecular flexibility index (Phi) is 6.45. The van der Waals surface area contributed by atoms with Crippen LogP contribution in [0.4, 0.5) is 11.4 Å².